The molecule has 0 aliphatic rings. The molecule has 5 nitrogen and oxygen atoms in total. The van der Waals surface area contributed by atoms with E-state index in [1.807, 2.05) is 40.9 Å². The van der Waals surface area contributed by atoms with E-state index in [-0.39, 0.29) is 5.69 Å². The fraction of sp³-hybridized carbons (Fsp3) is 0.125. The van der Waals surface area contributed by atoms with Crippen LogP contribution in [0.15, 0.2) is 53.6 Å². The number of aromatic nitrogens is 4. The summed E-state index contributed by atoms with van der Waals surface area (Å²) in [7, 11) is 1.78. The number of hydrogen-bond acceptors (Lipinski definition) is 2. The number of rotatable bonds is 2. The standard InChI is InChI=1S/C16H13ClN4O/c1-19-13-4-2-3-5-14(13)21(16(19)22)10-12-9-20-8-11(17)6-7-15(20)18-12/h2-9H,10H2,1H3. The van der Waals surface area contributed by atoms with Crippen LogP contribution in [-0.2, 0) is 13.6 Å². The van der Waals surface area contributed by atoms with Gasteiger partial charge in [0.2, 0.25) is 0 Å². The number of aryl methyl sites for hydroxylation is 1. The average Bonchev–Trinajstić information content (AvgIpc) is 3.02. The first-order valence-corrected chi connectivity index (χ1v) is 7.29. The Kier molecular flexibility index (Phi) is 2.84. The SMILES string of the molecule is Cn1c(=O)n(Cc2cn3cc(Cl)ccc3n2)c2ccccc21. The largest absolute Gasteiger partial charge is 0.329 e. The Morgan fingerprint density at radius 3 is 2.68 bits per heavy atom. The van der Waals surface area contributed by atoms with Gasteiger partial charge in [-0.1, -0.05) is 23.7 Å². The lowest BCUT2D eigenvalue weighted by atomic mass is 10.3. The minimum Gasteiger partial charge on any atom is -0.305 e. The minimum atomic E-state index is -0.0451. The summed E-state index contributed by atoms with van der Waals surface area (Å²) < 4.78 is 5.26. The van der Waals surface area contributed by atoms with Crippen molar-refractivity contribution in [2.45, 2.75) is 6.54 Å². The van der Waals surface area contributed by atoms with Crippen molar-refractivity contribution in [1.29, 1.82) is 0 Å². The first kappa shape index (κ1) is 13.2. The van der Waals surface area contributed by atoms with Gasteiger partial charge in [-0.15, -0.1) is 0 Å². The van der Waals surface area contributed by atoms with Crippen LogP contribution < -0.4 is 5.69 Å². The first-order valence-electron chi connectivity index (χ1n) is 6.91. The maximum atomic E-state index is 12.4. The highest BCUT2D eigenvalue weighted by molar-refractivity contribution is 6.30. The van der Waals surface area contributed by atoms with E-state index in [0.717, 1.165) is 22.4 Å². The molecule has 0 saturated carbocycles. The summed E-state index contributed by atoms with van der Waals surface area (Å²) in [6.07, 6.45) is 3.70. The van der Waals surface area contributed by atoms with Gasteiger partial charge in [0, 0.05) is 19.4 Å². The van der Waals surface area contributed by atoms with E-state index in [2.05, 4.69) is 4.98 Å². The van der Waals surface area contributed by atoms with E-state index >= 15 is 0 Å². The third kappa shape index (κ3) is 1.94. The predicted octanol–water partition coefficient (Wildman–Crippen LogP) is 2.69. The number of para-hydroxylation sites is 2. The molecule has 0 saturated heterocycles. The Bertz CT molecular complexity index is 1060. The van der Waals surface area contributed by atoms with Gasteiger partial charge >= 0.3 is 5.69 Å². The predicted molar refractivity (Wildman–Crippen MR) is 86.5 cm³/mol. The smallest absolute Gasteiger partial charge is 0.305 e. The van der Waals surface area contributed by atoms with Gasteiger partial charge in [0.25, 0.3) is 0 Å². The second-order valence-corrected chi connectivity index (χ2v) is 5.70. The highest BCUT2D eigenvalue weighted by atomic mass is 35.5. The Hall–Kier alpha value is -2.53. The lowest BCUT2D eigenvalue weighted by Gasteiger charge is -1.99. The summed E-state index contributed by atoms with van der Waals surface area (Å²) in [6.45, 7) is 0.430. The van der Waals surface area contributed by atoms with Crippen LogP contribution in [0.1, 0.15) is 5.69 Å². The first-order chi connectivity index (χ1) is 10.6. The molecule has 4 aromatic rings. The Morgan fingerprint density at radius 1 is 1.09 bits per heavy atom. The van der Waals surface area contributed by atoms with E-state index in [0.29, 0.717) is 11.6 Å². The van der Waals surface area contributed by atoms with Crippen molar-refractivity contribution in [3.05, 3.63) is 70.0 Å². The molecule has 0 bridgehead atoms. The molecule has 0 amide bonds. The maximum absolute atomic E-state index is 12.4. The van der Waals surface area contributed by atoms with Gasteiger partial charge in [0.1, 0.15) is 5.65 Å². The molecular weight excluding hydrogens is 300 g/mol. The number of benzene rings is 1. The topological polar surface area (TPSA) is 44.2 Å². The van der Waals surface area contributed by atoms with Gasteiger partial charge in [-0.2, -0.15) is 0 Å². The minimum absolute atomic E-state index is 0.0451. The fourth-order valence-corrected chi connectivity index (χ4v) is 2.94. The molecule has 0 spiro atoms. The quantitative estimate of drug-likeness (QED) is 0.571. The van der Waals surface area contributed by atoms with Crippen molar-refractivity contribution in [3.8, 4) is 0 Å². The fourth-order valence-electron chi connectivity index (χ4n) is 2.77. The molecule has 0 aliphatic carbocycles. The van der Waals surface area contributed by atoms with Crippen LogP contribution in [0.4, 0.5) is 0 Å². The van der Waals surface area contributed by atoms with Crippen molar-refractivity contribution in [2.24, 2.45) is 7.05 Å². The third-order valence-corrected chi connectivity index (χ3v) is 4.06. The number of imidazole rings is 2. The van der Waals surface area contributed by atoms with Crippen LogP contribution in [-0.4, -0.2) is 18.5 Å². The summed E-state index contributed by atoms with van der Waals surface area (Å²) >= 11 is 5.99. The molecule has 4 rings (SSSR count). The van der Waals surface area contributed by atoms with Crippen LogP contribution in [0.25, 0.3) is 16.7 Å². The second kappa shape index (κ2) is 4.74. The molecule has 3 heterocycles. The van der Waals surface area contributed by atoms with E-state index < -0.39 is 0 Å². The van der Waals surface area contributed by atoms with Crippen LogP contribution >= 0.6 is 11.6 Å². The van der Waals surface area contributed by atoms with Gasteiger partial charge in [-0.25, -0.2) is 9.78 Å². The molecule has 22 heavy (non-hydrogen) atoms. The van der Waals surface area contributed by atoms with E-state index in [1.165, 1.54) is 0 Å². The Morgan fingerprint density at radius 2 is 1.86 bits per heavy atom. The Labute approximate surface area is 131 Å². The zero-order valence-electron chi connectivity index (χ0n) is 11.9. The molecule has 0 radical (unpaired) electrons. The van der Waals surface area contributed by atoms with Gasteiger partial charge < -0.3 is 4.40 Å². The van der Waals surface area contributed by atoms with Crippen LogP contribution in [0.2, 0.25) is 5.02 Å². The normalized spacial score (nSPS) is 11.5. The summed E-state index contributed by atoms with van der Waals surface area (Å²) in [4.78, 5) is 17.0. The number of halogens is 1. The van der Waals surface area contributed by atoms with Crippen molar-refractivity contribution in [1.82, 2.24) is 18.5 Å². The second-order valence-electron chi connectivity index (χ2n) is 5.26. The van der Waals surface area contributed by atoms with Crippen molar-refractivity contribution >= 4 is 28.3 Å². The molecule has 0 fully saturated rings. The van der Waals surface area contributed by atoms with Gasteiger partial charge in [0.05, 0.1) is 28.3 Å². The van der Waals surface area contributed by atoms with Gasteiger partial charge in [-0.05, 0) is 24.3 Å². The summed E-state index contributed by atoms with van der Waals surface area (Å²) in [5, 5.41) is 0.652. The third-order valence-electron chi connectivity index (χ3n) is 3.84. The molecule has 0 unspecified atom stereocenters. The van der Waals surface area contributed by atoms with Crippen molar-refractivity contribution in [2.75, 3.05) is 0 Å². The van der Waals surface area contributed by atoms with Gasteiger partial charge in [0.15, 0.2) is 0 Å². The number of pyridine rings is 1. The highest BCUT2D eigenvalue weighted by Crippen LogP contribution is 2.15. The number of hydrogen-bond donors (Lipinski definition) is 0. The van der Waals surface area contributed by atoms with E-state index in [1.54, 1.807) is 28.4 Å². The highest BCUT2D eigenvalue weighted by Gasteiger charge is 2.12. The summed E-state index contributed by atoms with van der Waals surface area (Å²) in [5.74, 6) is 0. The monoisotopic (exact) mass is 312 g/mol. The molecule has 0 N–H and O–H groups in total. The zero-order chi connectivity index (χ0) is 15.3. The van der Waals surface area contributed by atoms with E-state index in [9.17, 15) is 4.79 Å². The molecule has 3 aromatic heterocycles. The molecule has 1 aromatic carbocycles. The zero-order valence-corrected chi connectivity index (χ0v) is 12.7. The van der Waals surface area contributed by atoms with Crippen LogP contribution in [0.5, 0.6) is 0 Å². The van der Waals surface area contributed by atoms with Crippen molar-refractivity contribution < 1.29 is 0 Å². The average molecular weight is 313 g/mol. The molecule has 0 atom stereocenters. The van der Waals surface area contributed by atoms with Crippen LogP contribution in [0, 0.1) is 0 Å². The lowest BCUT2D eigenvalue weighted by molar-refractivity contribution is 0.725. The summed E-state index contributed by atoms with van der Waals surface area (Å²) in [5.41, 5.74) is 3.41. The van der Waals surface area contributed by atoms with E-state index in [4.69, 9.17) is 11.6 Å². The number of nitrogens with zero attached hydrogens (tertiary/aromatic N) is 4. The summed E-state index contributed by atoms with van der Waals surface area (Å²) in [6, 6.07) is 11.4. The van der Waals surface area contributed by atoms with Crippen molar-refractivity contribution in [3.63, 3.8) is 0 Å². The molecule has 6 heteroatoms. The van der Waals surface area contributed by atoms with Gasteiger partial charge in [-0.3, -0.25) is 9.13 Å². The Balaban J connectivity index is 1.85. The lowest BCUT2D eigenvalue weighted by Crippen LogP contribution is -2.22. The molecular formula is C16H13ClN4O. The number of fused-ring (bicyclic) bond motifs is 2. The maximum Gasteiger partial charge on any atom is 0.329 e. The van der Waals surface area contributed by atoms with Crippen LogP contribution in [0.3, 0.4) is 0 Å². The molecule has 110 valence electrons. The molecule has 0 aliphatic heterocycles.